The molecule has 0 saturated heterocycles. The third-order valence-corrected chi connectivity index (χ3v) is 3.65. The maximum Gasteiger partial charge on any atom is 0.337 e. The van der Waals surface area contributed by atoms with Crippen LogP contribution in [-0.4, -0.2) is 26.1 Å². The number of amides is 1. The number of halogens is 1. The highest BCUT2D eigenvalue weighted by atomic mass is 79.9. The van der Waals surface area contributed by atoms with Crippen LogP contribution in [0.1, 0.15) is 20.7 Å². The van der Waals surface area contributed by atoms with E-state index < -0.39 is 5.97 Å². The standard InChI is InChI=1S/C16H14BrNO4/c1-21-12-6-7-14(17)13(9-12)15(19)18-11-5-3-4-10(8-11)16(20)22-2/h3-9H,1-2H3,(H,18,19). The molecule has 22 heavy (non-hydrogen) atoms. The first kappa shape index (κ1) is 16.0. The van der Waals surface area contributed by atoms with Crippen molar-refractivity contribution >= 4 is 33.5 Å². The summed E-state index contributed by atoms with van der Waals surface area (Å²) in [5.74, 6) is -0.192. The summed E-state index contributed by atoms with van der Waals surface area (Å²) < 4.78 is 10.4. The van der Waals surface area contributed by atoms with Gasteiger partial charge in [0.2, 0.25) is 0 Å². The van der Waals surface area contributed by atoms with Crippen molar-refractivity contribution < 1.29 is 19.1 Å². The van der Waals surface area contributed by atoms with Crippen molar-refractivity contribution in [1.82, 2.24) is 0 Å². The summed E-state index contributed by atoms with van der Waals surface area (Å²) in [6.45, 7) is 0. The number of rotatable bonds is 4. The summed E-state index contributed by atoms with van der Waals surface area (Å²) >= 11 is 3.33. The first-order chi connectivity index (χ1) is 10.5. The lowest BCUT2D eigenvalue weighted by Crippen LogP contribution is -2.13. The van der Waals surface area contributed by atoms with Gasteiger partial charge in [0.05, 0.1) is 25.3 Å². The molecule has 2 rings (SSSR count). The zero-order valence-corrected chi connectivity index (χ0v) is 13.6. The van der Waals surface area contributed by atoms with Crippen molar-refractivity contribution in [1.29, 1.82) is 0 Å². The monoisotopic (exact) mass is 363 g/mol. The van der Waals surface area contributed by atoms with Gasteiger partial charge in [-0.25, -0.2) is 4.79 Å². The third-order valence-electron chi connectivity index (χ3n) is 2.96. The molecule has 0 radical (unpaired) electrons. The van der Waals surface area contributed by atoms with Crippen molar-refractivity contribution in [2.75, 3.05) is 19.5 Å². The number of methoxy groups -OCH3 is 2. The fraction of sp³-hybridized carbons (Fsp3) is 0.125. The summed E-state index contributed by atoms with van der Waals surface area (Å²) in [6, 6.07) is 11.6. The number of hydrogen-bond donors (Lipinski definition) is 1. The van der Waals surface area contributed by atoms with E-state index in [1.54, 1.807) is 42.5 Å². The molecule has 0 aliphatic rings. The smallest absolute Gasteiger partial charge is 0.337 e. The Morgan fingerprint density at radius 2 is 1.86 bits per heavy atom. The lowest BCUT2D eigenvalue weighted by atomic mass is 10.1. The zero-order valence-electron chi connectivity index (χ0n) is 12.1. The first-order valence-corrected chi connectivity index (χ1v) is 7.17. The number of hydrogen-bond acceptors (Lipinski definition) is 4. The van der Waals surface area contributed by atoms with Crippen LogP contribution in [0.25, 0.3) is 0 Å². The SMILES string of the molecule is COC(=O)c1cccc(NC(=O)c2cc(OC)ccc2Br)c1. The molecule has 2 aromatic carbocycles. The van der Waals surface area contributed by atoms with Gasteiger partial charge < -0.3 is 14.8 Å². The summed E-state index contributed by atoms with van der Waals surface area (Å²) in [5.41, 5.74) is 1.30. The number of anilines is 1. The van der Waals surface area contributed by atoms with E-state index in [0.717, 1.165) is 0 Å². The number of carbonyl (C=O) groups excluding carboxylic acids is 2. The Kier molecular flexibility index (Phi) is 5.16. The molecule has 1 amide bonds. The van der Waals surface area contributed by atoms with Gasteiger partial charge in [-0.05, 0) is 52.3 Å². The van der Waals surface area contributed by atoms with Crippen molar-refractivity contribution in [3.05, 3.63) is 58.1 Å². The Hall–Kier alpha value is -2.34. The quantitative estimate of drug-likeness (QED) is 0.844. The molecule has 0 heterocycles. The van der Waals surface area contributed by atoms with Gasteiger partial charge in [0.25, 0.3) is 5.91 Å². The minimum Gasteiger partial charge on any atom is -0.497 e. The molecule has 6 heteroatoms. The van der Waals surface area contributed by atoms with Gasteiger partial charge in [0, 0.05) is 10.2 Å². The predicted molar refractivity (Wildman–Crippen MR) is 86.4 cm³/mol. The van der Waals surface area contributed by atoms with Gasteiger partial charge in [-0.2, -0.15) is 0 Å². The van der Waals surface area contributed by atoms with E-state index in [2.05, 4.69) is 26.0 Å². The summed E-state index contributed by atoms with van der Waals surface area (Å²) in [7, 11) is 2.84. The minimum absolute atomic E-state index is 0.312. The largest absolute Gasteiger partial charge is 0.497 e. The molecule has 2 aromatic rings. The number of nitrogens with one attached hydrogen (secondary N) is 1. The maximum absolute atomic E-state index is 12.3. The molecular formula is C16H14BrNO4. The molecule has 0 aliphatic heterocycles. The zero-order chi connectivity index (χ0) is 16.1. The Morgan fingerprint density at radius 1 is 1.09 bits per heavy atom. The van der Waals surface area contributed by atoms with Crippen LogP contribution in [0.5, 0.6) is 5.75 Å². The fourth-order valence-electron chi connectivity index (χ4n) is 1.85. The highest BCUT2D eigenvalue weighted by Crippen LogP contribution is 2.23. The Balaban J connectivity index is 2.24. The highest BCUT2D eigenvalue weighted by molar-refractivity contribution is 9.10. The van der Waals surface area contributed by atoms with Crippen molar-refractivity contribution in [2.45, 2.75) is 0 Å². The predicted octanol–water partition coefficient (Wildman–Crippen LogP) is 3.50. The summed E-state index contributed by atoms with van der Waals surface area (Å²) in [5, 5.41) is 2.74. The summed E-state index contributed by atoms with van der Waals surface area (Å²) in [6.07, 6.45) is 0. The topological polar surface area (TPSA) is 64.6 Å². The van der Waals surface area contributed by atoms with Gasteiger partial charge in [0.1, 0.15) is 5.75 Å². The van der Waals surface area contributed by atoms with Crippen molar-refractivity contribution in [2.24, 2.45) is 0 Å². The maximum atomic E-state index is 12.3. The fourth-order valence-corrected chi connectivity index (χ4v) is 2.27. The molecule has 0 aromatic heterocycles. The molecule has 0 fully saturated rings. The third kappa shape index (κ3) is 3.65. The first-order valence-electron chi connectivity index (χ1n) is 6.38. The van der Waals surface area contributed by atoms with E-state index >= 15 is 0 Å². The molecule has 0 atom stereocenters. The van der Waals surface area contributed by atoms with E-state index in [9.17, 15) is 9.59 Å². The van der Waals surface area contributed by atoms with E-state index in [1.807, 2.05) is 0 Å². The average molecular weight is 364 g/mol. The van der Waals surface area contributed by atoms with Crippen LogP contribution in [-0.2, 0) is 4.74 Å². The molecule has 0 bridgehead atoms. The van der Waals surface area contributed by atoms with Gasteiger partial charge in [0.15, 0.2) is 0 Å². The molecular weight excluding hydrogens is 350 g/mol. The van der Waals surface area contributed by atoms with Crippen molar-refractivity contribution in [3.8, 4) is 5.75 Å². The normalized spacial score (nSPS) is 9.95. The molecule has 0 unspecified atom stereocenters. The number of esters is 1. The van der Waals surface area contributed by atoms with E-state index in [1.165, 1.54) is 14.2 Å². The average Bonchev–Trinajstić information content (AvgIpc) is 2.54. The second kappa shape index (κ2) is 7.09. The van der Waals surface area contributed by atoms with E-state index in [-0.39, 0.29) is 5.91 Å². The van der Waals surface area contributed by atoms with Crippen LogP contribution < -0.4 is 10.1 Å². The molecule has 0 spiro atoms. The molecule has 114 valence electrons. The van der Waals surface area contributed by atoms with Gasteiger partial charge in [-0.1, -0.05) is 6.07 Å². The van der Waals surface area contributed by atoms with Crippen LogP contribution in [0.3, 0.4) is 0 Å². The highest BCUT2D eigenvalue weighted by Gasteiger charge is 2.13. The minimum atomic E-state index is -0.460. The molecule has 0 saturated carbocycles. The van der Waals surface area contributed by atoms with Gasteiger partial charge >= 0.3 is 5.97 Å². The Morgan fingerprint density at radius 3 is 2.55 bits per heavy atom. The lowest BCUT2D eigenvalue weighted by molar-refractivity contribution is 0.0600. The van der Waals surface area contributed by atoms with Crippen LogP contribution in [0, 0.1) is 0 Å². The Bertz CT molecular complexity index is 715. The van der Waals surface area contributed by atoms with Crippen LogP contribution in [0.2, 0.25) is 0 Å². The van der Waals surface area contributed by atoms with Gasteiger partial charge in [-0.3, -0.25) is 4.79 Å². The number of carbonyl (C=O) groups is 2. The second-order valence-electron chi connectivity index (χ2n) is 4.37. The van der Waals surface area contributed by atoms with Gasteiger partial charge in [-0.15, -0.1) is 0 Å². The van der Waals surface area contributed by atoms with Crippen LogP contribution in [0.15, 0.2) is 46.9 Å². The van der Waals surface area contributed by atoms with Crippen LogP contribution in [0.4, 0.5) is 5.69 Å². The summed E-state index contributed by atoms with van der Waals surface area (Å²) in [4.78, 5) is 23.8. The van der Waals surface area contributed by atoms with E-state index in [4.69, 9.17) is 4.74 Å². The molecule has 5 nitrogen and oxygen atoms in total. The van der Waals surface area contributed by atoms with Crippen molar-refractivity contribution in [3.63, 3.8) is 0 Å². The molecule has 1 N–H and O–H groups in total. The Labute approximate surface area is 136 Å². The molecule has 0 aliphatic carbocycles. The lowest BCUT2D eigenvalue weighted by Gasteiger charge is -2.09. The number of ether oxygens (including phenoxy) is 2. The van der Waals surface area contributed by atoms with E-state index in [0.29, 0.717) is 27.0 Å². The van der Waals surface area contributed by atoms with Crippen LogP contribution >= 0.6 is 15.9 Å². The number of benzene rings is 2. The second-order valence-corrected chi connectivity index (χ2v) is 5.23.